The van der Waals surface area contributed by atoms with Gasteiger partial charge in [0.15, 0.2) is 0 Å². The first-order valence-corrected chi connectivity index (χ1v) is 7.30. The lowest BCUT2D eigenvalue weighted by molar-refractivity contribution is -0.119. The van der Waals surface area contributed by atoms with Crippen molar-refractivity contribution in [3.05, 3.63) is 0 Å². The van der Waals surface area contributed by atoms with E-state index in [1.165, 1.54) is 25.8 Å². The van der Waals surface area contributed by atoms with E-state index in [4.69, 9.17) is 0 Å². The molecule has 4 nitrogen and oxygen atoms in total. The van der Waals surface area contributed by atoms with Crippen molar-refractivity contribution in [3.8, 4) is 0 Å². The van der Waals surface area contributed by atoms with Crippen LogP contribution in [-0.4, -0.2) is 48.6 Å². The second-order valence-electron chi connectivity index (χ2n) is 6.06. The molecule has 0 aromatic carbocycles. The molecule has 2 rings (SSSR count). The first kappa shape index (κ1) is 13.8. The molecule has 3 atom stereocenters. The molecular weight excluding hydrogens is 226 g/mol. The molecule has 104 valence electrons. The van der Waals surface area contributed by atoms with Crippen molar-refractivity contribution in [1.29, 1.82) is 0 Å². The van der Waals surface area contributed by atoms with Crippen molar-refractivity contribution in [2.75, 3.05) is 19.6 Å². The third kappa shape index (κ3) is 3.95. The highest BCUT2D eigenvalue weighted by molar-refractivity contribution is 5.73. The Kier molecular flexibility index (Phi) is 4.62. The summed E-state index contributed by atoms with van der Waals surface area (Å²) in [5.74, 6) is 1.02. The maximum absolute atomic E-state index is 11.1. The van der Waals surface area contributed by atoms with Crippen LogP contribution in [0.1, 0.15) is 40.0 Å². The number of likely N-dealkylation sites (tertiary alicyclic amines) is 1. The van der Waals surface area contributed by atoms with Crippen molar-refractivity contribution in [2.24, 2.45) is 5.92 Å². The molecule has 2 unspecified atom stereocenters. The summed E-state index contributed by atoms with van der Waals surface area (Å²) in [7, 11) is 0. The molecule has 1 amide bonds. The highest BCUT2D eigenvalue weighted by Gasteiger charge is 2.30. The van der Waals surface area contributed by atoms with Gasteiger partial charge in [0.25, 0.3) is 0 Å². The Hall–Kier alpha value is -0.610. The molecule has 0 bridgehead atoms. The van der Waals surface area contributed by atoms with Crippen LogP contribution in [0.3, 0.4) is 0 Å². The van der Waals surface area contributed by atoms with Crippen LogP contribution in [0, 0.1) is 5.92 Å². The molecule has 4 heteroatoms. The zero-order valence-corrected chi connectivity index (χ0v) is 11.9. The fourth-order valence-electron chi connectivity index (χ4n) is 2.74. The highest BCUT2D eigenvalue weighted by atomic mass is 16.1. The number of hydrogen-bond acceptors (Lipinski definition) is 3. The van der Waals surface area contributed by atoms with Gasteiger partial charge in [0.05, 0.1) is 0 Å². The minimum Gasteiger partial charge on any atom is -0.352 e. The smallest absolute Gasteiger partial charge is 0.217 e. The quantitative estimate of drug-likeness (QED) is 0.741. The Morgan fingerprint density at radius 2 is 2.06 bits per heavy atom. The summed E-state index contributed by atoms with van der Waals surface area (Å²) in [5.41, 5.74) is 0. The first-order chi connectivity index (χ1) is 8.56. The third-order valence-corrected chi connectivity index (χ3v) is 4.34. The summed E-state index contributed by atoms with van der Waals surface area (Å²) in [6.45, 7) is 9.37. The van der Waals surface area contributed by atoms with Gasteiger partial charge in [-0.05, 0) is 45.6 Å². The Labute approximate surface area is 110 Å². The molecule has 0 aromatic heterocycles. The molecule has 0 spiro atoms. The topological polar surface area (TPSA) is 44.4 Å². The van der Waals surface area contributed by atoms with Crippen LogP contribution in [0.15, 0.2) is 0 Å². The Bertz CT molecular complexity index is 291. The summed E-state index contributed by atoms with van der Waals surface area (Å²) in [6.07, 6.45) is 4.07. The lowest BCUT2D eigenvalue weighted by Gasteiger charge is -2.30. The number of carbonyl (C=O) groups excluding carboxylic acids is 1. The van der Waals surface area contributed by atoms with Gasteiger partial charge >= 0.3 is 0 Å². The van der Waals surface area contributed by atoms with Crippen molar-refractivity contribution in [1.82, 2.24) is 15.5 Å². The molecule has 0 radical (unpaired) electrons. The van der Waals surface area contributed by atoms with Crippen molar-refractivity contribution in [3.63, 3.8) is 0 Å². The minimum atomic E-state index is 0.0666. The van der Waals surface area contributed by atoms with E-state index < -0.39 is 0 Å². The maximum atomic E-state index is 11.1. The fourth-order valence-corrected chi connectivity index (χ4v) is 2.74. The van der Waals surface area contributed by atoms with E-state index in [-0.39, 0.29) is 11.9 Å². The van der Waals surface area contributed by atoms with E-state index >= 15 is 0 Å². The number of nitrogens with one attached hydrogen (secondary N) is 2. The molecule has 2 aliphatic rings. The maximum Gasteiger partial charge on any atom is 0.217 e. The number of amides is 1. The Balaban J connectivity index is 1.70. The zero-order chi connectivity index (χ0) is 13.1. The molecule has 18 heavy (non-hydrogen) atoms. The van der Waals surface area contributed by atoms with Gasteiger partial charge in [-0.3, -0.25) is 9.69 Å². The number of rotatable bonds is 6. The van der Waals surface area contributed by atoms with Gasteiger partial charge in [-0.15, -0.1) is 0 Å². The predicted molar refractivity (Wildman–Crippen MR) is 73.4 cm³/mol. The van der Waals surface area contributed by atoms with Gasteiger partial charge < -0.3 is 10.6 Å². The van der Waals surface area contributed by atoms with Gasteiger partial charge in [0.2, 0.25) is 5.91 Å². The minimum absolute atomic E-state index is 0.0666. The first-order valence-electron chi connectivity index (χ1n) is 7.30. The normalized spacial score (nSPS) is 28.1. The Morgan fingerprint density at radius 3 is 2.67 bits per heavy atom. The van der Waals surface area contributed by atoms with Crippen molar-refractivity contribution in [2.45, 2.75) is 58.2 Å². The predicted octanol–water partition coefficient (Wildman–Crippen LogP) is 0.973. The molecule has 2 N–H and O–H groups in total. The summed E-state index contributed by atoms with van der Waals surface area (Å²) in [4.78, 5) is 13.6. The van der Waals surface area contributed by atoms with E-state index in [1.54, 1.807) is 6.92 Å². The summed E-state index contributed by atoms with van der Waals surface area (Å²) >= 11 is 0. The molecule has 1 aliphatic carbocycles. The Morgan fingerprint density at radius 1 is 1.33 bits per heavy atom. The van der Waals surface area contributed by atoms with E-state index in [9.17, 15) is 4.79 Å². The molecule has 2 fully saturated rings. The molecule has 1 saturated carbocycles. The van der Waals surface area contributed by atoms with Crippen LogP contribution in [0.5, 0.6) is 0 Å². The molecular formula is C14H27N3O. The molecule has 1 saturated heterocycles. The zero-order valence-electron chi connectivity index (χ0n) is 11.9. The lowest BCUT2D eigenvalue weighted by Crippen LogP contribution is -2.48. The van der Waals surface area contributed by atoms with E-state index in [1.807, 2.05) is 0 Å². The van der Waals surface area contributed by atoms with E-state index in [0.717, 1.165) is 19.0 Å². The largest absolute Gasteiger partial charge is 0.352 e. The average molecular weight is 253 g/mol. The summed E-state index contributed by atoms with van der Waals surface area (Å²) in [5, 5.41) is 6.67. The molecule has 1 aliphatic heterocycles. The van der Waals surface area contributed by atoms with Gasteiger partial charge in [0.1, 0.15) is 0 Å². The standard InChI is InChI=1S/C14H27N3O/c1-10(16-12(3)18)11(2)17-7-6-14(9-17)15-8-13-4-5-13/h10-11,13-15H,4-9H2,1-3H3,(H,16,18)/t10?,11-,14?/m0/s1. The summed E-state index contributed by atoms with van der Waals surface area (Å²) < 4.78 is 0. The number of hydrogen-bond donors (Lipinski definition) is 2. The van der Waals surface area contributed by atoms with Crippen molar-refractivity contribution < 1.29 is 4.79 Å². The lowest BCUT2D eigenvalue weighted by atomic mass is 10.1. The van der Waals surface area contributed by atoms with Crippen LogP contribution in [-0.2, 0) is 4.79 Å². The van der Waals surface area contributed by atoms with E-state index in [2.05, 4.69) is 29.4 Å². The summed E-state index contributed by atoms with van der Waals surface area (Å²) in [6, 6.07) is 1.30. The van der Waals surface area contributed by atoms with Crippen LogP contribution in [0.25, 0.3) is 0 Å². The highest BCUT2D eigenvalue weighted by Crippen LogP contribution is 2.28. The number of nitrogens with zero attached hydrogens (tertiary/aromatic N) is 1. The van der Waals surface area contributed by atoms with Gasteiger partial charge in [-0.25, -0.2) is 0 Å². The third-order valence-electron chi connectivity index (χ3n) is 4.34. The van der Waals surface area contributed by atoms with Crippen LogP contribution in [0.2, 0.25) is 0 Å². The molecule has 1 heterocycles. The van der Waals surface area contributed by atoms with Crippen LogP contribution >= 0.6 is 0 Å². The second-order valence-corrected chi connectivity index (χ2v) is 6.06. The van der Waals surface area contributed by atoms with Gasteiger partial charge in [0, 0.05) is 38.1 Å². The molecule has 0 aromatic rings. The van der Waals surface area contributed by atoms with E-state index in [0.29, 0.717) is 12.1 Å². The van der Waals surface area contributed by atoms with Crippen LogP contribution in [0.4, 0.5) is 0 Å². The SMILES string of the molecule is CC(=O)NC(C)[C@H](C)N1CCC(NCC2CC2)C1. The second kappa shape index (κ2) is 6.02. The monoisotopic (exact) mass is 253 g/mol. The number of carbonyl (C=O) groups is 1. The fraction of sp³-hybridized carbons (Fsp3) is 0.929. The van der Waals surface area contributed by atoms with Gasteiger partial charge in [-0.1, -0.05) is 0 Å². The van der Waals surface area contributed by atoms with Gasteiger partial charge in [-0.2, -0.15) is 0 Å². The van der Waals surface area contributed by atoms with Crippen molar-refractivity contribution >= 4 is 5.91 Å². The average Bonchev–Trinajstić information content (AvgIpc) is 3.02. The van der Waals surface area contributed by atoms with Crippen LogP contribution < -0.4 is 10.6 Å².